The Labute approximate surface area is 165 Å². The normalized spacial score (nSPS) is 12.7. The van der Waals surface area contributed by atoms with E-state index in [2.05, 4.69) is 5.32 Å². The molecule has 0 saturated carbocycles. The molecule has 1 N–H and O–H groups in total. The third-order valence-corrected chi connectivity index (χ3v) is 5.63. The van der Waals surface area contributed by atoms with E-state index in [1.165, 1.54) is 18.2 Å². The number of nitrogens with one attached hydrogen (secondary N) is 1. The maximum Gasteiger partial charge on any atom is 0.252 e. The van der Waals surface area contributed by atoms with Gasteiger partial charge < -0.3 is 15.0 Å². The van der Waals surface area contributed by atoms with Crippen LogP contribution in [0.5, 0.6) is 5.75 Å². The fourth-order valence-electron chi connectivity index (χ4n) is 2.71. The van der Waals surface area contributed by atoms with Crippen LogP contribution in [0.1, 0.15) is 22.0 Å². The van der Waals surface area contributed by atoms with Gasteiger partial charge in [0.2, 0.25) is 0 Å². The minimum Gasteiger partial charge on any atom is -0.496 e. The molecular formula is C19H23ClN2O4S. The lowest BCUT2D eigenvalue weighted by Crippen LogP contribution is -2.35. The van der Waals surface area contributed by atoms with Gasteiger partial charge in [-0.25, -0.2) is 8.42 Å². The molecule has 27 heavy (non-hydrogen) atoms. The fraction of sp³-hybridized carbons (Fsp3) is 0.316. The van der Waals surface area contributed by atoms with Gasteiger partial charge in [-0.15, -0.1) is 0 Å². The molecule has 1 unspecified atom stereocenters. The van der Waals surface area contributed by atoms with Crippen molar-refractivity contribution in [2.45, 2.75) is 10.9 Å². The van der Waals surface area contributed by atoms with Crippen molar-refractivity contribution in [2.24, 2.45) is 0 Å². The molecule has 0 heterocycles. The summed E-state index contributed by atoms with van der Waals surface area (Å²) in [4.78, 5) is 14.6. The van der Waals surface area contributed by atoms with Gasteiger partial charge in [0.25, 0.3) is 5.91 Å². The number of hydrogen-bond donors (Lipinski definition) is 1. The van der Waals surface area contributed by atoms with Crippen molar-refractivity contribution < 1.29 is 17.9 Å². The first kappa shape index (κ1) is 21.2. The second kappa shape index (κ2) is 8.73. The number of amides is 1. The van der Waals surface area contributed by atoms with E-state index < -0.39 is 15.7 Å². The zero-order valence-electron chi connectivity index (χ0n) is 15.7. The van der Waals surface area contributed by atoms with E-state index in [0.29, 0.717) is 6.54 Å². The topological polar surface area (TPSA) is 75.7 Å². The largest absolute Gasteiger partial charge is 0.496 e. The number of halogens is 1. The van der Waals surface area contributed by atoms with Gasteiger partial charge in [0.1, 0.15) is 5.75 Å². The molecule has 0 aliphatic rings. The summed E-state index contributed by atoms with van der Waals surface area (Å²) in [5.41, 5.74) is 1.05. The Morgan fingerprint density at radius 2 is 1.89 bits per heavy atom. The molecule has 0 aromatic heterocycles. The Kier molecular flexibility index (Phi) is 6.86. The minimum absolute atomic E-state index is 0.0472. The smallest absolute Gasteiger partial charge is 0.252 e. The van der Waals surface area contributed by atoms with Gasteiger partial charge in [-0.05, 0) is 38.4 Å². The van der Waals surface area contributed by atoms with Gasteiger partial charge in [-0.1, -0.05) is 29.8 Å². The lowest BCUT2D eigenvalue weighted by atomic mass is 10.0. The molecule has 2 aromatic carbocycles. The summed E-state index contributed by atoms with van der Waals surface area (Å²) in [6.07, 6.45) is 1.08. The summed E-state index contributed by atoms with van der Waals surface area (Å²) < 4.78 is 28.9. The number of para-hydroxylation sites is 1. The van der Waals surface area contributed by atoms with Crippen molar-refractivity contribution in [1.29, 1.82) is 0 Å². The van der Waals surface area contributed by atoms with Crippen LogP contribution >= 0.6 is 11.6 Å². The second-order valence-electron chi connectivity index (χ2n) is 6.35. The first-order valence-corrected chi connectivity index (χ1v) is 10.5. The van der Waals surface area contributed by atoms with Crippen LogP contribution in [0, 0.1) is 0 Å². The van der Waals surface area contributed by atoms with Crippen LogP contribution in [0.3, 0.4) is 0 Å². The van der Waals surface area contributed by atoms with Gasteiger partial charge >= 0.3 is 0 Å². The molecule has 0 spiro atoms. The Balaban J connectivity index is 2.25. The molecule has 2 rings (SSSR count). The molecule has 0 aliphatic heterocycles. The number of hydrogen-bond acceptors (Lipinski definition) is 5. The van der Waals surface area contributed by atoms with E-state index >= 15 is 0 Å². The van der Waals surface area contributed by atoms with E-state index in [-0.39, 0.29) is 21.5 Å². The predicted molar refractivity (Wildman–Crippen MR) is 106 cm³/mol. The van der Waals surface area contributed by atoms with Crippen LogP contribution in [-0.4, -0.2) is 53.2 Å². The molecule has 0 radical (unpaired) electrons. The molecule has 0 saturated heterocycles. The van der Waals surface area contributed by atoms with E-state index in [1.54, 1.807) is 7.11 Å². The maximum atomic E-state index is 12.6. The van der Waals surface area contributed by atoms with Gasteiger partial charge in [0.15, 0.2) is 9.84 Å². The van der Waals surface area contributed by atoms with Gasteiger partial charge in [-0.2, -0.15) is 0 Å². The third-order valence-electron chi connectivity index (χ3n) is 4.19. The molecule has 1 amide bonds. The summed E-state index contributed by atoms with van der Waals surface area (Å²) in [6.45, 7) is 0.297. The summed E-state index contributed by atoms with van der Waals surface area (Å²) in [5, 5.41) is 3.03. The molecule has 1 atom stereocenters. The Hall–Kier alpha value is -2.09. The van der Waals surface area contributed by atoms with Crippen molar-refractivity contribution in [3.05, 3.63) is 58.6 Å². The summed E-state index contributed by atoms with van der Waals surface area (Å²) >= 11 is 6.10. The number of carbonyl (C=O) groups is 1. The van der Waals surface area contributed by atoms with E-state index in [4.69, 9.17) is 16.3 Å². The van der Waals surface area contributed by atoms with Gasteiger partial charge in [0.05, 0.1) is 28.6 Å². The standard InChI is InChI=1S/C19H23ClN2O4S/c1-22(2)17(14-7-5-6-8-18(14)26-3)12-21-19(23)15-11-13(27(4,24)25)9-10-16(15)20/h5-11,17H,12H2,1-4H3,(H,21,23). The van der Waals surface area contributed by atoms with E-state index in [0.717, 1.165) is 17.6 Å². The average molecular weight is 411 g/mol. The highest BCUT2D eigenvalue weighted by Gasteiger charge is 2.21. The minimum atomic E-state index is -3.44. The van der Waals surface area contributed by atoms with Crippen LogP contribution in [0.2, 0.25) is 5.02 Å². The van der Waals surface area contributed by atoms with Crippen LogP contribution in [0.4, 0.5) is 0 Å². The van der Waals surface area contributed by atoms with Gasteiger partial charge in [0, 0.05) is 18.4 Å². The predicted octanol–water partition coefficient (Wildman–Crippen LogP) is 2.78. The second-order valence-corrected chi connectivity index (χ2v) is 8.77. The molecule has 146 valence electrons. The Morgan fingerprint density at radius 1 is 1.22 bits per heavy atom. The molecule has 8 heteroatoms. The number of methoxy groups -OCH3 is 1. The number of nitrogens with zero attached hydrogens (tertiary/aromatic N) is 1. The maximum absolute atomic E-state index is 12.6. The van der Waals surface area contributed by atoms with E-state index in [1.807, 2.05) is 43.3 Å². The van der Waals surface area contributed by atoms with Crippen LogP contribution in [0.25, 0.3) is 0 Å². The third kappa shape index (κ3) is 5.22. The molecule has 0 fully saturated rings. The average Bonchev–Trinajstić information content (AvgIpc) is 2.61. The van der Waals surface area contributed by atoms with Crippen molar-refractivity contribution in [3.63, 3.8) is 0 Å². The fourth-order valence-corrected chi connectivity index (χ4v) is 3.56. The highest BCUT2D eigenvalue weighted by molar-refractivity contribution is 7.90. The van der Waals surface area contributed by atoms with Crippen molar-refractivity contribution in [2.75, 3.05) is 34.0 Å². The number of benzene rings is 2. The SMILES string of the molecule is COc1ccccc1C(CNC(=O)c1cc(S(C)(=O)=O)ccc1Cl)N(C)C. The molecular weight excluding hydrogens is 388 g/mol. The highest BCUT2D eigenvalue weighted by Crippen LogP contribution is 2.27. The first-order chi connectivity index (χ1) is 12.6. The van der Waals surface area contributed by atoms with Crippen molar-refractivity contribution >= 4 is 27.3 Å². The lowest BCUT2D eigenvalue weighted by Gasteiger charge is -2.26. The molecule has 2 aromatic rings. The van der Waals surface area contributed by atoms with Crippen molar-refractivity contribution in [3.8, 4) is 5.75 Å². The molecule has 0 aliphatic carbocycles. The Bertz CT molecular complexity index is 929. The van der Waals surface area contributed by atoms with Gasteiger partial charge in [-0.3, -0.25) is 4.79 Å². The molecule has 0 bridgehead atoms. The molecule has 6 nitrogen and oxygen atoms in total. The number of likely N-dealkylation sites (N-methyl/N-ethyl adjacent to an activating group) is 1. The summed E-state index contributed by atoms with van der Waals surface area (Å²) in [6, 6.07) is 11.5. The summed E-state index contributed by atoms with van der Waals surface area (Å²) in [5.74, 6) is 0.287. The monoisotopic (exact) mass is 410 g/mol. The lowest BCUT2D eigenvalue weighted by molar-refractivity contribution is 0.0941. The summed E-state index contributed by atoms with van der Waals surface area (Å²) in [7, 11) is 1.97. The number of ether oxygens (including phenoxy) is 1. The quantitative estimate of drug-likeness (QED) is 0.759. The first-order valence-electron chi connectivity index (χ1n) is 8.22. The zero-order valence-corrected chi connectivity index (χ0v) is 17.3. The number of rotatable bonds is 7. The zero-order chi connectivity index (χ0) is 20.2. The number of carbonyl (C=O) groups excluding carboxylic acids is 1. The number of sulfone groups is 1. The van der Waals surface area contributed by atoms with Crippen molar-refractivity contribution in [1.82, 2.24) is 10.2 Å². The highest BCUT2D eigenvalue weighted by atomic mass is 35.5. The van der Waals surface area contributed by atoms with Crippen LogP contribution < -0.4 is 10.1 Å². The van der Waals surface area contributed by atoms with Crippen LogP contribution in [0.15, 0.2) is 47.4 Å². The van der Waals surface area contributed by atoms with E-state index in [9.17, 15) is 13.2 Å². The Morgan fingerprint density at radius 3 is 2.48 bits per heavy atom. The van der Waals surface area contributed by atoms with Crippen LogP contribution in [-0.2, 0) is 9.84 Å².